The summed E-state index contributed by atoms with van der Waals surface area (Å²) in [5, 5.41) is 34.0. The van der Waals surface area contributed by atoms with Gasteiger partial charge in [0.1, 0.15) is 18.3 Å². The SMILES string of the molecule is CN(CCCCOCc1ccccc1)c1cccc(CNc2nc3ccccc3n2[C@@H]2O[C@H](CO)[C@@H](O)[C@H]2O)c1. The third kappa shape index (κ3) is 6.46. The second-order valence-electron chi connectivity index (χ2n) is 10.2. The zero-order valence-electron chi connectivity index (χ0n) is 22.8. The molecule has 1 saturated heterocycles. The first-order valence-corrected chi connectivity index (χ1v) is 13.8. The number of hydrogen-bond acceptors (Lipinski definition) is 8. The van der Waals surface area contributed by atoms with E-state index in [9.17, 15) is 15.3 Å². The van der Waals surface area contributed by atoms with Gasteiger partial charge in [-0.25, -0.2) is 4.98 Å². The Labute approximate surface area is 234 Å². The van der Waals surface area contributed by atoms with Crippen LogP contribution in [0, 0.1) is 0 Å². The highest BCUT2D eigenvalue weighted by atomic mass is 16.6. The lowest BCUT2D eigenvalue weighted by Crippen LogP contribution is -2.33. The topological polar surface area (TPSA) is 112 Å². The summed E-state index contributed by atoms with van der Waals surface area (Å²) in [4.78, 5) is 6.96. The summed E-state index contributed by atoms with van der Waals surface area (Å²) in [7, 11) is 2.10. The number of ether oxygens (including phenoxy) is 2. The number of aromatic nitrogens is 2. The number of nitrogens with one attached hydrogen (secondary N) is 1. The number of para-hydroxylation sites is 2. The number of hydrogen-bond donors (Lipinski definition) is 4. The first kappa shape index (κ1) is 28.1. The van der Waals surface area contributed by atoms with Gasteiger partial charge in [-0.1, -0.05) is 54.6 Å². The maximum Gasteiger partial charge on any atom is 0.206 e. The molecular formula is C31H38N4O5. The van der Waals surface area contributed by atoms with Crippen LogP contribution in [0.1, 0.15) is 30.2 Å². The fraction of sp³-hybridized carbons (Fsp3) is 0.387. The second-order valence-corrected chi connectivity index (χ2v) is 10.2. The van der Waals surface area contributed by atoms with Gasteiger partial charge in [-0.3, -0.25) is 4.57 Å². The Kier molecular flexibility index (Phi) is 9.30. The average molecular weight is 547 g/mol. The van der Waals surface area contributed by atoms with Crippen molar-refractivity contribution in [2.45, 2.75) is 50.5 Å². The van der Waals surface area contributed by atoms with E-state index in [1.165, 1.54) is 5.56 Å². The number of nitrogens with zero attached hydrogens (tertiary/aromatic N) is 3. The van der Waals surface area contributed by atoms with Crippen LogP contribution in [0.25, 0.3) is 11.0 Å². The quantitative estimate of drug-likeness (QED) is 0.188. The molecule has 1 aliphatic heterocycles. The molecule has 0 saturated carbocycles. The molecule has 0 bridgehead atoms. The summed E-state index contributed by atoms with van der Waals surface area (Å²) in [6.45, 7) is 2.43. The monoisotopic (exact) mass is 546 g/mol. The van der Waals surface area contributed by atoms with E-state index in [1.54, 1.807) is 4.57 Å². The molecule has 4 atom stereocenters. The van der Waals surface area contributed by atoms with Gasteiger partial charge in [0.2, 0.25) is 5.95 Å². The Morgan fingerprint density at radius 3 is 2.52 bits per heavy atom. The van der Waals surface area contributed by atoms with Crippen LogP contribution in [-0.2, 0) is 22.6 Å². The summed E-state index contributed by atoms with van der Waals surface area (Å²) in [6.07, 6.45) is -2.10. The van der Waals surface area contributed by atoms with Gasteiger partial charge in [0.05, 0.1) is 24.2 Å². The standard InChI is InChI=1S/C31H38N4O5/c1-34(16-7-8-17-39-21-22-10-3-2-4-11-22)24-13-9-12-23(18-24)19-32-31-33-25-14-5-6-15-26(25)35(31)30-29(38)28(37)27(20-36)40-30/h2-6,9-15,18,27-30,36-38H,7-8,16-17,19-21H2,1H3,(H,32,33)/t27-,28-,29-,30-/m1/s1. The molecule has 0 unspecified atom stereocenters. The van der Waals surface area contributed by atoms with Crippen LogP contribution in [0.3, 0.4) is 0 Å². The molecule has 9 heteroatoms. The highest BCUT2D eigenvalue weighted by Crippen LogP contribution is 2.35. The number of benzene rings is 3. The lowest BCUT2D eigenvalue weighted by molar-refractivity contribution is -0.0499. The molecule has 5 rings (SSSR count). The molecule has 2 heterocycles. The van der Waals surface area contributed by atoms with E-state index >= 15 is 0 Å². The van der Waals surface area contributed by atoms with Gasteiger partial charge in [0.15, 0.2) is 6.23 Å². The molecule has 1 aromatic heterocycles. The molecule has 9 nitrogen and oxygen atoms in total. The van der Waals surface area contributed by atoms with Gasteiger partial charge in [0, 0.05) is 32.4 Å². The average Bonchev–Trinajstić information content (AvgIpc) is 3.50. The van der Waals surface area contributed by atoms with Crippen molar-refractivity contribution in [1.29, 1.82) is 0 Å². The van der Waals surface area contributed by atoms with Crippen molar-refractivity contribution in [3.8, 4) is 0 Å². The highest BCUT2D eigenvalue weighted by molar-refractivity contribution is 5.78. The van der Waals surface area contributed by atoms with Crippen molar-refractivity contribution in [1.82, 2.24) is 9.55 Å². The van der Waals surface area contributed by atoms with Crippen molar-refractivity contribution in [3.63, 3.8) is 0 Å². The van der Waals surface area contributed by atoms with Crippen LogP contribution in [0.4, 0.5) is 11.6 Å². The van der Waals surface area contributed by atoms with Crippen molar-refractivity contribution in [2.75, 3.05) is 37.0 Å². The van der Waals surface area contributed by atoms with E-state index in [-0.39, 0.29) is 6.61 Å². The summed E-state index contributed by atoms with van der Waals surface area (Å²) in [5.41, 5.74) is 4.90. The number of aliphatic hydroxyl groups excluding tert-OH is 3. The maximum atomic E-state index is 10.7. The predicted molar refractivity (Wildman–Crippen MR) is 155 cm³/mol. The van der Waals surface area contributed by atoms with E-state index in [2.05, 4.69) is 47.6 Å². The molecule has 0 amide bonds. The first-order chi connectivity index (χ1) is 19.5. The molecule has 0 spiro atoms. The number of rotatable bonds is 13. The van der Waals surface area contributed by atoms with Gasteiger partial charge in [-0.05, 0) is 48.2 Å². The molecule has 40 heavy (non-hydrogen) atoms. The largest absolute Gasteiger partial charge is 0.394 e. The van der Waals surface area contributed by atoms with E-state index < -0.39 is 24.5 Å². The van der Waals surface area contributed by atoms with Crippen molar-refractivity contribution in [2.24, 2.45) is 0 Å². The maximum absolute atomic E-state index is 10.7. The van der Waals surface area contributed by atoms with Crippen molar-refractivity contribution >= 4 is 22.7 Å². The third-order valence-electron chi connectivity index (χ3n) is 7.31. The molecule has 1 fully saturated rings. The first-order valence-electron chi connectivity index (χ1n) is 13.8. The molecule has 212 valence electrons. The van der Waals surface area contributed by atoms with Crippen LogP contribution in [0.15, 0.2) is 78.9 Å². The lowest BCUT2D eigenvalue weighted by atomic mass is 10.1. The normalized spacial score (nSPS) is 20.7. The Morgan fingerprint density at radius 2 is 1.73 bits per heavy atom. The number of aliphatic hydroxyl groups is 3. The van der Waals surface area contributed by atoms with Crippen molar-refractivity contribution < 1.29 is 24.8 Å². The number of imidazole rings is 1. The molecular weight excluding hydrogens is 508 g/mol. The molecule has 0 aliphatic carbocycles. The van der Waals surface area contributed by atoms with Gasteiger partial charge in [-0.15, -0.1) is 0 Å². The minimum atomic E-state index is -1.20. The van der Waals surface area contributed by atoms with Crippen LogP contribution >= 0.6 is 0 Å². The van der Waals surface area contributed by atoms with Crippen LogP contribution in [0.5, 0.6) is 0 Å². The Morgan fingerprint density at radius 1 is 0.950 bits per heavy atom. The molecule has 4 aromatic rings. The minimum absolute atomic E-state index is 0.384. The summed E-state index contributed by atoms with van der Waals surface area (Å²) >= 11 is 0. The summed E-state index contributed by atoms with van der Waals surface area (Å²) in [6, 6.07) is 26.1. The Hall–Kier alpha value is -3.47. The van der Waals surface area contributed by atoms with Gasteiger partial charge >= 0.3 is 0 Å². The highest BCUT2D eigenvalue weighted by Gasteiger charge is 2.44. The van der Waals surface area contributed by atoms with Gasteiger partial charge in [0.25, 0.3) is 0 Å². The third-order valence-corrected chi connectivity index (χ3v) is 7.31. The Balaban J connectivity index is 1.18. The fourth-order valence-corrected chi connectivity index (χ4v) is 5.05. The van der Waals surface area contributed by atoms with E-state index in [0.29, 0.717) is 19.1 Å². The molecule has 1 aliphatic rings. The molecule has 3 aromatic carbocycles. The molecule has 0 radical (unpaired) electrons. The number of anilines is 2. The van der Waals surface area contributed by atoms with E-state index in [1.807, 2.05) is 48.5 Å². The van der Waals surface area contributed by atoms with Crippen LogP contribution in [0.2, 0.25) is 0 Å². The lowest BCUT2D eigenvalue weighted by Gasteiger charge is -2.21. The van der Waals surface area contributed by atoms with E-state index in [4.69, 9.17) is 14.5 Å². The predicted octanol–water partition coefficient (Wildman–Crippen LogP) is 3.69. The van der Waals surface area contributed by atoms with Crippen molar-refractivity contribution in [3.05, 3.63) is 90.0 Å². The van der Waals surface area contributed by atoms with Crippen LogP contribution < -0.4 is 10.2 Å². The van der Waals surface area contributed by atoms with Gasteiger partial charge < -0.3 is 35.0 Å². The fourth-order valence-electron chi connectivity index (χ4n) is 5.05. The van der Waals surface area contributed by atoms with E-state index in [0.717, 1.165) is 48.3 Å². The van der Waals surface area contributed by atoms with Gasteiger partial charge in [-0.2, -0.15) is 0 Å². The zero-order valence-corrected chi connectivity index (χ0v) is 22.8. The summed E-state index contributed by atoms with van der Waals surface area (Å²) < 4.78 is 13.4. The number of unbranched alkanes of at least 4 members (excludes halogenated alkanes) is 1. The zero-order chi connectivity index (χ0) is 27.9. The number of fused-ring (bicyclic) bond motifs is 1. The molecule has 4 N–H and O–H groups in total. The summed E-state index contributed by atoms with van der Waals surface area (Å²) in [5.74, 6) is 0.519. The van der Waals surface area contributed by atoms with Crippen LogP contribution in [-0.4, -0.2) is 70.0 Å². The smallest absolute Gasteiger partial charge is 0.206 e. The second kappa shape index (κ2) is 13.3. The Bertz CT molecular complexity index is 1360. The minimum Gasteiger partial charge on any atom is -0.394 e.